The summed E-state index contributed by atoms with van der Waals surface area (Å²) in [4.78, 5) is 0.0556. The standard InChI is InChI=1S/C15H23NO6S2/c1-11-3-4-15(7-12(11)2)24(21,22)16(8-14(18)9-17)13-5-6-23(19,20)10-13/h3-4,7,13-14,17-18H,5-6,8-10H2,1-2H3/t13-,14+/m1/s1. The van der Waals surface area contributed by atoms with Gasteiger partial charge in [0.15, 0.2) is 9.84 Å². The van der Waals surface area contributed by atoms with Crippen LogP contribution in [0, 0.1) is 13.8 Å². The first-order valence-electron chi connectivity index (χ1n) is 7.65. The van der Waals surface area contributed by atoms with Crippen LogP contribution in [0.2, 0.25) is 0 Å². The zero-order valence-corrected chi connectivity index (χ0v) is 15.3. The molecule has 7 nitrogen and oxygen atoms in total. The lowest BCUT2D eigenvalue weighted by Gasteiger charge is -2.29. The fraction of sp³-hybridized carbons (Fsp3) is 0.600. The maximum atomic E-state index is 13.0. The van der Waals surface area contributed by atoms with Crippen molar-refractivity contribution in [3.05, 3.63) is 29.3 Å². The van der Waals surface area contributed by atoms with Gasteiger partial charge in [0.25, 0.3) is 0 Å². The molecule has 136 valence electrons. The molecule has 9 heteroatoms. The van der Waals surface area contributed by atoms with Gasteiger partial charge in [-0.05, 0) is 43.5 Å². The molecule has 0 aliphatic carbocycles. The third kappa shape index (κ3) is 4.15. The van der Waals surface area contributed by atoms with Gasteiger partial charge in [-0.2, -0.15) is 4.31 Å². The minimum Gasteiger partial charge on any atom is -0.394 e. The first-order valence-corrected chi connectivity index (χ1v) is 10.9. The maximum absolute atomic E-state index is 13.0. The van der Waals surface area contributed by atoms with Crippen LogP contribution in [0.5, 0.6) is 0 Å². The van der Waals surface area contributed by atoms with E-state index in [-0.39, 0.29) is 29.4 Å². The van der Waals surface area contributed by atoms with Crippen molar-refractivity contribution in [3.8, 4) is 0 Å². The topological polar surface area (TPSA) is 112 Å². The summed E-state index contributed by atoms with van der Waals surface area (Å²) in [5.74, 6) is -0.346. The van der Waals surface area contributed by atoms with Gasteiger partial charge >= 0.3 is 0 Å². The lowest BCUT2D eigenvalue weighted by atomic mass is 10.1. The number of nitrogens with zero attached hydrogens (tertiary/aromatic N) is 1. The van der Waals surface area contributed by atoms with Crippen LogP contribution in [0.15, 0.2) is 23.1 Å². The molecule has 2 rings (SSSR count). The first kappa shape index (κ1) is 19.3. The molecular formula is C15H23NO6S2. The predicted molar refractivity (Wildman–Crippen MR) is 90.0 cm³/mol. The van der Waals surface area contributed by atoms with Crippen molar-refractivity contribution in [3.63, 3.8) is 0 Å². The van der Waals surface area contributed by atoms with Crippen molar-refractivity contribution in [2.24, 2.45) is 0 Å². The number of rotatable bonds is 6. The van der Waals surface area contributed by atoms with Gasteiger partial charge in [-0.25, -0.2) is 16.8 Å². The fourth-order valence-corrected chi connectivity index (χ4v) is 6.32. The monoisotopic (exact) mass is 377 g/mol. The van der Waals surface area contributed by atoms with Crippen molar-refractivity contribution < 1.29 is 27.0 Å². The van der Waals surface area contributed by atoms with E-state index in [1.165, 1.54) is 12.1 Å². The predicted octanol–water partition coefficient (Wildman–Crippen LogP) is -0.166. The Balaban J connectivity index is 2.42. The minimum absolute atomic E-state index is 0.0556. The molecule has 2 N–H and O–H groups in total. The lowest BCUT2D eigenvalue weighted by Crippen LogP contribution is -2.46. The van der Waals surface area contributed by atoms with Crippen LogP contribution in [-0.4, -0.2) is 68.2 Å². The summed E-state index contributed by atoms with van der Waals surface area (Å²) in [6.07, 6.45) is -1.08. The Kier molecular flexibility index (Phi) is 5.71. The summed E-state index contributed by atoms with van der Waals surface area (Å²) in [6.45, 7) is 2.72. The van der Waals surface area contributed by atoms with Gasteiger partial charge in [-0.15, -0.1) is 0 Å². The van der Waals surface area contributed by atoms with Crippen molar-refractivity contribution in [2.75, 3.05) is 24.7 Å². The summed E-state index contributed by atoms with van der Waals surface area (Å²) in [7, 11) is -7.27. The molecule has 0 bridgehead atoms. The van der Waals surface area contributed by atoms with E-state index >= 15 is 0 Å². The molecule has 0 unspecified atom stereocenters. The van der Waals surface area contributed by atoms with Crippen LogP contribution in [0.4, 0.5) is 0 Å². The van der Waals surface area contributed by atoms with E-state index in [1.54, 1.807) is 13.0 Å². The van der Waals surface area contributed by atoms with Gasteiger partial charge in [-0.1, -0.05) is 6.07 Å². The SMILES string of the molecule is Cc1ccc(S(=O)(=O)N(C[C@H](O)CO)[C@@H]2CCS(=O)(=O)C2)cc1C. The summed E-state index contributed by atoms with van der Waals surface area (Å²) < 4.78 is 50.4. The summed E-state index contributed by atoms with van der Waals surface area (Å²) in [6, 6.07) is 3.96. The second-order valence-corrected chi connectivity index (χ2v) is 10.3. The summed E-state index contributed by atoms with van der Waals surface area (Å²) >= 11 is 0. The van der Waals surface area contributed by atoms with Crippen LogP contribution in [0.3, 0.4) is 0 Å². The highest BCUT2D eigenvalue weighted by atomic mass is 32.2. The van der Waals surface area contributed by atoms with E-state index in [2.05, 4.69) is 0 Å². The van der Waals surface area contributed by atoms with E-state index in [0.29, 0.717) is 0 Å². The molecule has 1 aromatic carbocycles. The molecule has 0 amide bonds. The van der Waals surface area contributed by atoms with Crippen molar-refractivity contribution in [1.29, 1.82) is 0 Å². The van der Waals surface area contributed by atoms with E-state index in [4.69, 9.17) is 5.11 Å². The molecule has 0 aromatic heterocycles. The van der Waals surface area contributed by atoms with Crippen LogP contribution < -0.4 is 0 Å². The molecule has 1 saturated heterocycles. The Morgan fingerprint density at radius 3 is 2.46 bits per heavy atom. The van der Waals surface area contributed by atoms with E-state index < -0.39 is 38.6 Å². The molecule has 1 fully saturated rings. The molecule has 0 saturated carbocycles. The normalized spacial score (nSPS) is 22.0. The lowest BCUT2D eigenvalue weighted by molar-refractivity contribution is 0.0730. The number of sulfonamides is 1. The van der Waals surface area contributed by atoms with Gasteiger partial charge < -0.3 is 10.2 Å². The van der Waals surface area contributed by atoms with Crippen molar-refractivity contribution in [2.45, 2.75) is 37.3 Å². The third-order valence-electron chi connectivity index (χ3n) is 4.30. The number of hydrogen-bond donors (Lipinski definition) is 2. The zero-order valence-electron chi connectivity index (χ0n) is 13.7. The average molecular weight is 377 g/mol. The van der Waals surface area contributed by atoms with E-state index in [0.717, 1.165) is 15.4 Å². The van der Waals surface area contributed by atoms with Gasteiger partial charge in [0.05, 0.1) is 29.1 Å². The molecule has 24 heavy (non-hydrogen) atoms. The smallest absolute Gasteiger partial charge is 0.243 e. The van der Waals surface area contributed by atoms with Gasteiger partial charge in [0.1, 0.15) is 0 Å². The maximum Gasteiger partial charge on any atom is 0.243 e. The zero-order chi connectivity index (χ0) is 18.1. The third-order valence-corrected chi connectivity index (χ3v) is 7.97. The van der Waals surface area contributed by atoms with E-state index in [9.17, 15) is 21.9 Å². The first-order chi connectivity index (χ1) is 11.1. The van der Waals surface area contributed by atoms with Gasteiger partial charge in [0, 0.05) is 12.6 Å². The second-order valence-electron chi connectivity index (χ2n) is 6.21. The molecule has 1 heterocycles. The average Bonchev–Trinajstić information content (AvgIpc) is 2.86. The largest absolute Gasteiger partial charge is 0.394 e. The number of benzene rings is 1. The molecular weight excluding hydrogens is 354 g/mol. The van der Waals surface area contributed by atoms with Crippen LogP contribution >= 0.6 is 0 Å². The highest BCUT2D eigenvalue weighted by Crippen LogP contribution is 2.26. The minimum atomic E-state index is -3.98. The van der Waals surface area contributed by atoms with Crippen LogP contribution in [0.25, 0.3) is 0 Å². The fourth-order valence-electron chi connectivity index (χ4n) is 2.72. The second kappa shape index (κ2) is 7.09. The Hall–Kier alpha value is -1.00. The molecule has 1 aliphatic rings. The van der Waals surface area contributed by atoms with Crippen LogP contribution in [-0.2, 0) is 19.9 Å². The quantitative estimate of drug-likeness (QED) is 0.712. The van der Waals surface area contributed by atoms with Gasteiger partial charge in [0.2, 0.25) is 10.0 Å². The summed E-state index contributed by atoms with van der Waals surface area (Å²) in [5, 5.41) is 18.8. The Labute approximate surface area is 142 Å². The van der Waals surface area contributed by atoms with Crippen molar-refractivity contribution >= 4 is 19.9 Å². The van der Waals surface area contributed by atoms with Crippen molar-refractivity contribution in [1.82, 2.24) is 4.31 Å². The highest BCUT2D eigenvalue weighted by Gasteiger charge is 2.39. The number of hydrogen-bond acceptors (Lipinski definition) is 6. The summed E-state index contributed by atoms with van der Waals surface area (Å²) in [5.41, 5.74) is 1.75. The molecule has 0 radical (unpaired) electrons. The Morgan fingerprint density at radius 2 is 1.96 bits per heavy atom. The number of aliphatic hydroxyl groups excluding tert-OH is 2. The number of aliphatic hydroxyl groups is 2. The molecule has 2 atom stereocenters. The van der Waals surface area contributed by atoms with Crippen LogP contribution in [0.1, 0.15) is 17.5 Å². The Bertz CT molecular complexity index is 803. The molecule has 1 aliphatic heterocycles. The number of aryl methyl sites for hydroxylation is 2. The Morgan fingerprint density at radius 1 is 1.29 bits per heavy atom. The highest BCUT2D eigenvalue weighted by molar-refractivity contribution is 7.92. The van der Waals surface area contributed by atoms with E-state index in [1.807, 2.05) is 6.92 Å². The van der Waals surface area contributed by atoms with Gasteiger partial charge in [-0.3, -0.25) is 0 Å². The molecule has 0 spiro atoms. The number of sulfone groups is 1. The molecule has 1 aromatic rings.